The van der Waals surface area contributed by atoms with Crippen LogP contribution in [0.5, 0.6) is 0 Å². The molecule has 170 valence electrons. The van der Waals surface area contributed by atoms with Gasteiger partial charge in [-0.15, -0.1) is 0 Å². The van der Waals surface area contributed by atoms with Gasteiger partial charge in [-0.1, -0.05) is 78.1 Å². The first-order valence-corrected chi connectivity index (χ1v) is 11.6. The minimum atomic E-state index is -0.365. The van der Waals surface area contributed by atoms with Crippen molar-refractivity contribution in [1.29, 1.82) is 0 Å². The Morgan fingerprint density at radius 2 is 1.50 bits per heavy atom. The van der Waals surface area contributed by atoms with Crippen LogP contribution < -0.4 is 5.01 Å². The van der Waals surface area contributed by atoms with Crippen molar-refractivity contribution in [3.05, 3.63) is 62.7 Å². The minimum Gasteiger partial charge on any atom is -0.289 e. The third-order valence-electron chi connectivity index (χ3n) is 5.53. The van der Waals surface area contributed by atoms with Crippen LogP contribution in [0.25, 0.3) is 0 Å². The zero-order chi connectivity index (χ0) is 24.0. The lowest BCUT2D eigenvalue weighted by Gasteiger charge is -2.31. The van der Waals surface area contributed by atoms with E-state index in [-0.39, 0.29) is 22.5 Å². The molecule has 32 heavy (non-hydrogen) atoms. The lowest BCUT2D eigenvalue weighted by molar-refractivity contribution is -0.115. The van der Waals surface area contributed by atoms with Gasteiger partial charge in [0.2, 0.25) is 0 Å². The molecule has 0 spiro atoms. The summed E-state index contributed by atoms with van der Waals surface area (Å²) in [4.78, 5) is 27.0. The van der Waals surface area contributed by atoms with Crippen molar-refractivity contribution in [2.24, 2.45) is 15.9 Å². The number of ketones is 1. The number of anilines is 1. The summed E-state index contributed by atoms with van der Waals surface area (Å²) in [6, 6.07) is 4.98. The SMILES string of the molecule is CCCC1=NN(c2ccc(Cl)cc2Cl)C(=O)C1=C1C=C(C(C)(C)C)C(=O)C(C(C)(C)C)=C1. The molecule has 6 heteroatoms. The fourth-order valence-electron chi connectivity index (χ4n) is 3.85. The van der Waals surface area contributed by atoms with Crippen LogP contribution in [0.1, 0.15) is 61.3 Å². The van der Waals surface area contributed by atoms with E-state index in [1.54, 1.807) is 18.2 Å². The quantitative estimate of drug-likeness (QED) is 0.432. The molecular weight excluding hydrogens is 443 g/mol. The maximum atomic E-state index is 13.6. The molecule has 1 aromatic carbocycles. The van der Waals surface area contributed by atoms with Crippen LogP contribution in [0.2, 0.25) is 10.0 Å². The highest BCUT2D eigenvalue weighted by Gasteiger charge is 2.38. The maximum absolute atomic E-state index is 13.6. The number of Topliss-reactive ketones (excluding diaryl/α,β-unsaturated/α-hetero) is 1. The number of allylic oxidation sites excluding steroid dienone is 5. The van der Waals surface area contributed by atoms with E-state index in [9.17, 15) is 9.59 Å². The molecule has 0 fully saturated rings. The van der Waals surface area contributed by atoms with Crippen LogP contribution in [0.15, 0.2) is 57.7 Å². The van der Waals surface area contributed by atoms with Crippen molar-refractivity contribution in [2.45, 2.75) is 61.3 Å². The molecule has 0 saturated carbocycles. The summed E-state index contributed by atoms with van der Waals surface area (Å²) < 4.78 is 0. The van der Waals surface area contributed by atoms with E-state index in [0.717, 1.165) is 12.0 Å². The molecular formula is C26H30Cl2N2O2. The Hall–Kier alpha value is -2.17. The van der Waals surface area contributed by atoms with E-state index >= 15 is 0 Å². The molecule has 1 aromatic rings. The summed E-state index contributed by atoms with van der Waals surface area (Å²) in [5, 5.41) is 6.83. The van der Waals surface area contributed by atoms with Gasteiger partial charge in [-0.2, -0.15) is 10.1 Å². The van der Waals surface area contributed by atoms with Crippen molar-refractivity contribution in [2.75, 3.05) is 5.01 Å². The van der Waals surface area contributed by atoms with Gasteiger partial charge in [0.25, 0.3) is 5.91 Å². The predicted molar refractivity (Wildman–Crippen MR) is 133 cm³/mol. The third kappa shape index (κ3) is 4.62. The predicted octanol–water partition coefficient (Wildman–Crippen LogP) is 7.32. The van der Waals surface area contributed by atoms with E-state index in [0.29, 0.717) is 44.6 Å². The van der Waals surface area contributed by atoms with Gasteiger partial charge in [0.05, 0.1) is 22.0 Å². The van der Waals surface area contributed by atoms with Gasteiger partial charge in [-0.3, -0.25) is 9.59 Å². The molecule has 0 radical (unpaired) electrons. The number of halogens is 2. The number of amides is 1. The number of hydrazone groups is 1. The molecule has 1 aliphatic heterocycles. The highest BCUT2D eigenvalue weighted by Crippen LogP contribution is 2.41. The number of hydrogen-bond donors (Lipinski definition) is 0. The Labute approximate surface area is 200 Å². The Kier molecular flexibility index (Phi) is 6.61. The van der Waals surface area contributed by atoms with Crippen molar-refractivity contribution in [1.82, 2.24) is 0 Å². The standard InChI is InChI=1S/C26H30Cl2N2O2/c1-8-9-20-22(24(32)30(29-20)21-11-10-16(27)14-19(21)28)15-12-17(25(2,3)4)23(31)18(13-15)26(5,6)7/h10-14H,8-9H2,1-7H3. The number of rotatable bonds is 3. The summed E-state index contributed by atoms with van der Waals surface area (Å²) in [6.45, 7) is 14.1. The number of carbonyl (C=O) groups excluding carboxylic acids is 2. The van der Waals surface area contributed by atoms with Crippen molar-refractivity contribution in [3.8, 4) is 0 Å². The number of benzene rings is 1. The lowest BCUT2D eigenvalue weighted by atomic mass is 9.71. The number of hydrogen-bond acceptors (Lipinski definition) is 3. The monoisotopic (exact) mass is 472 g/mol. The summed E-state index contributed by atoms with van der Waals surface area (Å²) in [6.07, 6.45) is 5.19. The molecule has 0 saturated heterocycles. The summed E-state index contributed by atoms with van der Waals surface area (Å²) in [7, 11) is 0. The summed E-state index contributed by atoms with van der Waals surface area (Å²) in [5.74, 6) is -0.220. The zero-order valence-electron chi connectivity index (χ0n) is 19.8. The highest BCUT2D eigenvalue weighted by molar-refractivity contribution is 6.38. The Bertz CT molecular complexity index is 1070. The minimum absolute atomic E-state index is 0.0337. The van der Waals surface area contributed by atoms with Crippen LogP contribution in [0, 0.1) is 10.8 Å². The van der Waals surface area contributed by atoms with Gasteiger partial charge in [-0.25, -0.2) is 0 Å². The van der Waals surface area contributed by atoms with Gasteiger partial charge in [0.1, 0.15) is 0 Å². The van der Waals surface area contributed by atoms with Crippen LogP contribution >= 0.6 is 23.2 Å². The van der Waals surface area contributed by atoms with Crippen LogP contribution in [-0.4, -0.2) is 17.4 Å². The summed E-state index contributed by atoms with van der Waals surface area (Å²) in [5.41, 5.74) is 3.09. The molecule has 4 nitrogen and oxygen atoms in total. The van der Waals surface area contributed by atoms with Gasteiger partial charge < -0.3 is 0 Å². The average molecular weight is 473 g/mol. The molecule has 0 aromatic heterocycles. The van der Waals surface area contributed by atoms with Gasteiger partial charge in [0.15, 0.2) is 5.78 Å². The van der Waals surface area contributed by atoms with Crippen molar-refractivity contribution >= 4 is 46.3 Å². The fraction of sp³-hybridized carbons (Fsp3) is 0.423. The van der Waals surface area contributed by atoms with Crippen molar-refractivity contribution in [3.63, 3.8) is 0 Å². The second-order valence-electron chi connectivity index (χ2n) is 10.3. The normalized spacial score (nSPS) is 17.7. The van der Waals surface area contributed by atoms with Crippen LogP contribution in [-0.2, 0) is 9.59 Å². The topological polar surface area (TPSA) is 49.7 Å². The summed E-state index contributed by atoms with van der Waals surface area (Å²) >= 11 is 12.4. The van der Waals surface area contributed by atoms with E-state index in [1.807, 2.05) is 60.6 Å². The zero-order valence-corrected chi connectivity index (χ0v) is 21.3. The molecule has 0 N–H and O–H groups in total. The first-order valence-electron chi connectivity index (χ1n) is 10.9. The maximum Gasteiger partial charge on any atom is 0.281 e. The Morgan fingerprint density at radius 3 is 1.97 bits per heavy atom. The van der Waals surface area contributed by atoms with E-state index in [2.05, 4.69) is 5.10 Å². The first-order chi connectivity index (χ1) is 14.8. The largest absolute Gasteiger partial charge is 0.289 e. The molecule has 1 amide bonds. The van der Waals surface area contributed by atoms with E-state index in [4.69, 9.17) is 23.2 Å². The third-order valence-corrected chi connectivity index (χ3v) is 6.07. The molecule has 3 rings (SSSR count). The highest BCUT2D eigenvalue weighted by atomic mass is 35.5. The molecule has 2 aliphatic rings. The van der Waals surface area contributed by atoms with Crippen LogP contribution in [0.3, 0.4) is 0 Å². The van der Waals surface area contributed by atoms with E-state index in [1.165, 1.54) is 5.01 Å². The first kappa shape index (κ1) is 24.5. The van der Waals surface area contributed by atoms with Crippen LogP contribution in [0.4, 0.5) is 5.69 Å². The smallest absolute Gasteiger partial charge is 0.281 e. The Balaban J connectivity index is 2.25. The number of nitrogens with zero attached hydrogens (tertiary/aromatic N) is 2. The molecule has 1 aliphatic carbocycles. The number of carbonyl (C=O) groups is 2. The average Bonchev–Trinajstić information content (AvgIpc) is 2.96. The molecule has 0 atom stereocenters. The van der Waals surface area contributed by atoms with Gasteiger partial charge in [0, 0.05) is 16.2 Å². The molecule has 1 heterocycles. The van der Waals surface area contributed by atoms with Gasteiger partial charge in [-0.05, 0) is 53.2 Å². The molecule has 0 bridgehead atoms. The second kappa shape index (κ2) is 8.64. The lowest BCUT2D eigenvalue weighted by Crippen LogP contribution is -2.29. The van der Waals surface area contributed by atoms with E-state index < -0.39 is 0 Å². The Morgan fingerprint density at radius 1 is 0.938 bits per heavy atom. The van der Waals surface area contributed by atoms with Gasteiger partial charge >= 0.3 is 0 Å². The van der Waals surface area contributed by atoms with Crippen molar-refractivity contribution < 1.29 is 9.59 Å². The molecule has 0 unspecified atom stereocenters. The fourth-order valence-corrected chi connectivity index (χ4v) is 4.34. The second-order valence-corrected chi connectivity index (χ2v) is 11.1.